The molecule has 21 heavy (non-hydrogen) atoms. The van der Waals surface area contributed by atoms with Crippen LogP contribution >= 0.6 is 0 Å². The van der Waals surface area contributed by atoms with Gasteiger partial charge in [0.2, 0.25) is 5.91 Å². The Morgan fingerprint density at radius 2 is 2.29 bits per heavy atom. The van der Waals surface area contributed by atoms with Gasteiger partial charge in [-0.25, -0.2) is 0 Å². The van der Waals surface area contributed by atoms with Crippen LogP contribution in [-0.4, -0.2) is 34.9 Å². The number of non-ortho nitro benzene ring substituents is 1. The normalized spacial score (nSPS) is 20.1. The number of carbonyl (C=O) groups is 1. The Bertz CT molecular complexity index is 533. The number of likely N-dealkylation sites (tertiary alicyclic amines) is 1. The quantitative estimate of drug-likeness (QED) is 0.679. The van der Waals surface area contributed by atoms with Crippen LogP contribution in [0.25, 0.3) is 0 Å². The summed E-state index contributed by atoms with van der Waals surface area (Å²) in [6, 6.07) is 6.38. The molecule has 2 atom stereocenters. The Labute approximate surface area is 124 Å². The van der Waals surface area contributed by atoms with Gasteiger partial charge in [0.05, 0.1) is 10.8 Å². The highest BCUT2D eigenvalue weighted by atomic mass is 16.6. The smallest absolute Gasteiger partial charge is 0.269 e. The Morgan fingerprint density at radius 3 is 2.95 bits per heavy atom. The van der Waals surface area contributed by atoms with Crippen molar-refractivity contribution in [2.24, 2.45) is 5.73 Å². The van der Waals surface area contributed by atoms with E-state index in [0.29, 0.717) is 12.1 Å². The number of nitro groups is 1. The number of nitro benzene ring substituents is 1. The Hall–Kier alpha value is -1.95. The van der Waals surface area contributed by atoms with Gasteiger partial charge in [-0.3, -0.25) is 14.9 Å². The lowest BCUT2D eigenvalue weighted by molar-refractivity contribution is -0.384. The van der Waals surface area contributed by atoms with Crippen LogP contribution in [0, 0.1) is 10.1 Å². The molecule has 1 aromatic carbocycles. The number of amides is 1. The molecule has 1 aliphatic rings. The molecule has 1 amide bonds. The maximum atomic E-state index is 12.6. The first kappa shape index (κ1) is 15.4. The van der Waals surface area contributed by atoms with E-state index in [-0.39, 0.29) is 17.6 Å². The summed E-state index contributed by atoms with van der Waals surface area (Å²) >= 11 is 0. The molecule has 0 aliphatic carbocycles. The fourth-order valence-corrected chi connectivity index (χ4v) is 2.83. The van der Waals surface area contributed by atoms with Gasteiger partial charge >= 0.3 is 0 Å². The summed E-state index contributed by atoms with van der Waals surface area (Å²) in [6.45, 7) is 2.98. The second-order valence-corrected chi connectivity index (χ2v) is 5.49. The lowest BCUT2D eigenvalue weighted by Crippen LogP contribution is -2.48. The van der Waals surface area contributed by atoms with E-state index in [9.17, 15) is 14.9 Å². The second kappa shape index (κ2) is 6.67. The minimum Gasteiger partial charge on any atom is -0.338 e. The molecule has 1 aliphatic heterocycles. The summed E-state index contributed by atoms with van der Waals surface area (Å²) in [5.74, 6) is -0.386. The Kier molecular flexibility index (Phi) is 4.90. The van der Waals surface area contributed by atoms with E-state index in [4.69, 9.17) is 5.73 Å². The fourth-order valence-electron chi connectivity index (χ4n) is 2.83. The van der Waals surface area contributed by atoms with Crippen molar-refractivity contribution in [3.8, 4) is 0 Å². The van der Waals surface area contributed by atoms with Crippen molar-refractivity contribution in [3.63, 3.8) is 0 Å². The average Bonchev–Trinajstić information content (AvgIpc) is 2.53. The number of hydrogen-bond acceptors (Lipinski definition) is 4. The van der Waals surface area contributed by atoms with Crippen molar-refractivity contribution in [1.82, 2.24) is 4.90 Å². The second-order valence-electron chi connectivity index (χ2n) is 5.49. The van der Waals surface area contributed by atoms with E-state index in [0.717, 1.165) is 25.8 Å². The summed E-state index contributed by atoms with van der Waals surface area (Å²) in [6.07, 6.45) is 3.02. The van der Waals surface area contributed by atoms with Crippen LogP contribution in [0.4, 0.5) is 5.69 Å². The number of rotatable bonds is 4. The van der Waals surface area contributed by atoms with E-state index >= 15 is 0 Å². The van der Waals surface area contributed by atoms with Crippen molar-refractivity contribution in [2.45, 2.75) is 38.1 Å². The van der Waals surface area contributed by atoms with Gasteiger partial charge in [-0.2, -0.15) is 0 Å². The third-order valence-corrected chi connectivity index (χ3v) is 4.13. The number of piperidine rings is 1. The molecule has 0 aromatic heterocycles. The molecular formula is C15H21N3O3. The molecule has 1 saturated heterocycles. The maximum Gasteiger partial charge on any atom is 0.269 e. The molecular weight excluding hydrogens is 270 g/mol. The van der Waals surface area contributed by atoms with Crippen LogP contribution in [0.15, 0.2) is 24.3 Å². The molecule has 2 N–H and O–H groups in total. The van der Waals surface area contributed by atoms with Crippen LogP contribution in [0.2, 0.25) is 0 Å². The van der Waals surface area contributed by atoms with E-state index in [1.54, 1.807) is 19.1 Å². The first-order valence-corrected chi connectivity index (χ1v) is 7.29. The molecule has 6 nitrogen and oxygen atoms in total. The van der Waals surface area contributed by atoms with Gasteiger partial charge in [0, 0.05) is 31.3 Å². The monoisotopic (exact) mass is 291 g/mol. The van der Waals surface area contributed by atoms with Crippen LogP contribution in [0.1, 0.15) is 37.7 Å². The summed E-state index contributed by atoms with van der Waals surface area (Å²) in [5.41, 5.74) is 6.44. The van der Waals surface area contributed by atoms with Crippen molar-refractivity contribution >= 4 is 11.6 Å². The lowest BCUT2D eigenvalue weighted by atomic mass is 9.95. The van der Waals surface area contributed by atoms with Gasteiger partial charge in [-0.05, 0) is 31.7 Å². The predicted molar refractivity (Wildman–Crippen MR) is 79.9 cm³/mol. The molecule has 0 radical (unpaired) electrons. The van der Waals surface area contributed by atoms with Crippen LogP contribution < -0.4 is 5.73 Å². The number of hydrogen-bond donors (Lipinski definition) is 1. The number of nitrogens with zero attached hydrogens (tertiary/aromatic N) is 2. The topological polar surface area (TPSA) is 89.5 Å². The van der Waals surface area contributed by atoms with E-state index in [1.165, 1.54) is 12.1 Å². The van der Waals surface area contributed by atoms with Gasteiger partial charge in [-0.15, -0.1) is 0 Å². The Balaban J connectivity index is 2.18. The molecule has 2 rings (SSSR count). The molecule has 6 heteroatoms. The van der Waals surface area contributed by atoms with Gasteiger partial charge in [0.25, 0.3) is 5.69 Å². The highest BCUT2D eigenvalue weighted by Crippen LogP contribution is 2.26. The lowest BCUT2D eigenvalue weighted by Gasteiger charge is -2.36. The molecule has 1 heterocycles. The van der Waals surface area contributed by atoms with Crippen LogP contribution in [0.3, 0.4) is 0 Å². The zero-order chi connectivity index (χ0) is 15.4. The van der Waals surface area contributed by atoms with E-state index in [1.807, 2.05) is 4.90 Å². The molecule has 0 spiro atoms. The van der Waals surface area contributed by atoms with Crippen LogP contribution in [0.5, 0.6) is 0 Å². The minimum absolute atomic E-state index is 0.00523. The zero-order valence-electron chi connectivity index (χ0n) is 12.2. The van der Waals surface area contributed by atoms with Crippen molar-refractivity contribution in [2.75, 3.05) is 13.1 Å². The third-order valence-electron chi connectivity index (χ3n) is 4.13. The fraction of sp³-hybridized carbons (Fsp3) is 0.533. The van der Waals surface area contributed by atoms with Crippen molar-refractivity contribution in [1.29, 1.82) is 0 Å². The molecule has 1 aromatic rings. The molecule has 1 fully saturated rings. The van der Waals surface area contributed by atoms with Crippen molar-refractivity contribution < 1.29 is 9.72 Å². The maximum absolute atomic E-state index is 12.6. The van der Waals surface area contributed by atoms with Gasteiger partial charge in [0.15, 0.2) is 0 Å². The summed E-state index contributed by atoms with van der Waals surface area (Å²) in [4.78, 5) is 24.9. The number of benzene rings is 1. The van der Waals surface area contributed by atoms with E-state index < -0.39 is 10.8 Å². The molecule has 2 unspecified atom stereocenters. The highest BCUT2D eigenvalue weighted by Gasteiger charge is 2.29. The standard InChI is InChI=1S/C15H21N3O3/c1-11(12-5-4-7-13(9-12)18(20)21)15(19)17-8-3-2-6-14(17)10-16/h4-5,7,9,11,14H,2-3,6,8,10,16H2,1H3. The first-order valence-electron chi connectivity index (χ1n) is 7.29. The summed E-state index contributed by atoms with van der Waals surface area (Å²) < 4.78 is 0. The van der Waals surface area contributed by atoms with Crippen LogP contribution in [-0.2, 0) is 4.79 Å². The van der Waals surface area contributed by atoms with Crippen molar-refractivity contribution in [3.05, 3.63) is 39.9 Å². The first-order chi connectivity index (χ1) is 10.0. The average molecular weight is 291 g/mol. The van der Waals surface area contributed by atoms with Gasteiger partial charge < -0.3 is 10.6 Å². The molecule has 0 saturated carbocycles. The highest BCUT2D eigenvalue weighted by molar-refractivity contribution is 5.84. The summed E-state index contributed by atoms with van der Waals surface area (Å²) in [7, 11) is 0. The predicted octanol–water partition coefficient (Wildman–Crippen LogP) is 2.04. The zero-order valence-corrected chi connectivity index (χ0v) is 12.2. The SMILES string of the molecule is CC(C(=O)N1CCCCC1CN)c1cccc([N+](=O)[O-])c1. The minimum atomic E-state index is -0.440. The number of nitrogens with two attached hydrogens (primary N) is 1. The number of carbonyl (C=O) groups excluding carboxylic acids is 1. The van der Waals surface area contributed by atoms with E-state index in [2.05, 4.69) is 0 Å². The van der Waals surface area contributed by atoms with Gasteiger partial charge in [-0.1, -0.05) is 12.1 Å². The Morgan fingerprint density at radius 1 is 1.52 bits per heavy atom. The molecule has 114 valence electrons. The molecule has 0 bridgehead atoms. The third kappa shape index (κ3) is 3.39. The summed E-state index contributed by atoms with van der Waals surface area (Å²) in [5, 5.41) is 10.8. The largest absolute Gasteiger partial charge is 0.338 e. The van der Waals surface area contributed by atoms with Gasteiger partial charge in [0.1, 0.15) is 0 Å².